The summed E-state index contributed by atoms with van der Waals surface area (Å²) in [4.78, 5) is 15.6. The number of aliphatic hydroxyl groups is 1. The van der Waals surface area contributed by atoms with Crippen LogP contribution in [-0.4, -0.2) is 60.8 Å². The zero-order valence-corrected chi connectivity index (χ0v) is 14.9. The van der Waals surface area contributed by atoms with Crippen molar-refractivity contribution < 1.29 is 23.1 Å². The van der Waals surface area contributed by atoms with Gasteiger partial charge in [-0.15, -0.1) is 0 Å². The number of piperidine rings is 1. The van der Waals surface area contributed by atoms with E-state index < -0.39 is 17.8 Å². The summed E-state index contributed by atoms with van der Waals surface area (Å²) in [6.07, 6.45) is -2.40. The number of urea groups is 1. The highest BCUT2D eigenvalue weighted by molar-refractivity contribution is 5.73. The van der Waals surface area contributed by atoms with Crippen LogP contribution in [0.15, 0.2) is 24.3 Å². The summed E-state index contributed by atoms with van der Waals surface area (Å²) < 4.78 is 39.1. The molecule has 1 atom stereocenters. The van der Waals surface area contributed by atoms with Crippen molar-refractivity contribution in [3.8, 4) is 0 Å². The van der Waals surface area contributed by atoms with Gasteiger partial charge in [-0.25, -0.2) is 4.79 Å². The predicted octanol–water partition coefficient (Wildman–Crippen LogP) is 2.55. The van der Waals surface area contributed by atoms with Crippen LogP contribution < -0.4 is 5.32 Å². The fourth-order valence-electron chi connectivity index (χ4n) is 3.22. The average Bonchev–Trinajstić information content (AvgIpc) is 2.61. The number of nitrogens with one attached hydrogen (secondary N) is 1. The number of alkyl halides is 3. The van der Waals surface area contributed by atoms with Gasteiger partial charge in [0.05, 0.1) is 5.56 Å². The molecule has 0 saturated carbocycles. The number of aliphatic hydroxyl groups excluding tert-OH is 1. The summed E-state index contributed by atoms with van der Waals surface area (Å²) in [5, 5.41) is 12.0. The van der Waals surface area contributed by atoms with Crippen LogP contribution in [-0.2, 0) is 12.7 Å². The number of amides is 2. The summed E-state index contributed by atoms with van der Waals surface area (Å²) >= 11 is 0. The van der Waals surface area contributed by atoms with Gasteiger partial charge in [-0.1, -0.05) is 18.2 Å². The molecule has 1 fully saturated rings. The lowest BCUT2D eigenvalue weighted by Gasteiger charge is -2.31. The van der Waals surface area contributed by atoms with Crippen molar-refractivity contribution in [2.75, 3.05) is 39.8 Å². The zero-order valence-electron chi connectivity index (χ0n) is 14.9. The molecule has 0 aromatic heterocycles. The molecular weight excluding hydrogens is 347 g/mol. The Labute approximate surface area is 151 Å². The van der Waals surface area contributed by atoms with Gasteiger partial charge in [0, 0.05) is 39.8 Å². The number of hydrogen-bond acceptors (Lipinski definition) is 3. The van der Waals surface area contributed by atoms with Crippen LogP contribution in [0.5, 0.6) is 0 Å². The molecule has 146 valence electrons. The maximum Gasteiger partial charge on any atom is 0.416 e. The minimum atomic E-state index is -4.44. The number of halogens is 3. The maximum atomic E-state index is 13.0. The average molecular weight is 373 g/mol. The molecule has 8 heteroatoms. The lowest BCUT2D eigenvalue weighted by atomic mass is 9.99. The van der Waals surface area contributed by atoms with Crippen LogP contribution in [0.3, 0.4) is 0 Å². The summed E-state index contributed by atoms with van der Waals surface area (Å²) in [5.74, 6) is 0.279. The fourth-order valence-corrected chi connectivity index (χ4v) is 3.22. The second-order valence-corrected chi connectivity index (χ2v) is 6.73. The number of carbonyl (C=O) groups excluding carboxylic acids is 1. The van der Waals surface area contributed by atoms with E-state index in [1.165, 1.54) is 30.1 Å². The second-order valence-electron chi connectivity index (χ2n) is 6.73. The van der Waals surface area contributed by atoms with E-state index in [0.717, 1.165) is 32.0 Å². The van der Waals surface area contributed by atoms with E-state index in [1.807, 2.05) is 0 Å². The number of carbonyl (C=O) groups is 1. The van der Waals surface area contributed by atoms with E-state index in [-0.39, 0.29) is 24.6 Å². The van der Waals surface area contributed by atoms with E-state index in [9.17, 15) is 23.1 Å². The monoisotopic (exact) mass is 373 g/mol. The van der Waals surface area contributed by atoms with E-state index >= 15 is 0 Å². The maximum absolute atomic E-state index is 13.0. The molecule has 1 aliphatic rings. The smallest absolute Gasteiger partial charge is 0.396 e. The van der Waals surface area contributed by atoms with E-state index in [1.54, 1.807) is 0 Å². The Bertz CT molecular complexity index is 595. The van der Waals surface area contributed by atoms with Crippen LogP contribution in [0.4, 0.5) is 18.0 Å². The fraction of sp³-hybridized carbons (Fsp3) is 0.611. The van der Waals surface area contributed by atoms with Crippen LogP contribution in [0.1, 0.15) is 24.0 Å². The normalized spacial score (nSPS) is 18.6. The van der Waals surface area contributed by atoms with Crippen LogP contribution in [0, 0.1) is 5.92 Å². The molecule has 5 nitrogen and oxygen atoms in total. The number of benzene rings is 1. The summed E-state index contributed by atoms with van der Waals surface area (Å²) in [6, 6.07) is 4.87. The predicted molar refractivity (Wildman–Crippen MR) is 92.6 cm³/mol. The summed E-state index contributed by atoms with van der Waals surface area (Å²) in [5.41, 5.74) is -0.650. The SMILES string of the molecule is CN(Cc1ccccc1C(F)(F)F)C(=O)NCCN1CCC[C@H](CO)C1. The minimum Gasteiger partial charge on any atom is -0.396 e. The number of hydrogen-bond donors (Lipinski definition) is 2. The largest absolute Gasteiger partial charge is 0.416 e. The Morgan fingerprint density at radius 1 is 1.38 bits per heavy atom. The molecule has 1 heterocycles. The van der Waals surface area contributed by atoms with Crippen molar-refractivity contribution in [3.05, 3.63) is 35.4 Å². The lowest BCUT2D eigenvalue weighted by molar-refractivity contribution is -0.138. The Balaban J connectivity index is 1.81. The first kappa shape index (κ1) is 20.5. The molecule has 2 amide bonds. The third-order valence-electron chi connectivity index (χ3n) is 4.64. The van der Waals surface area contributed by atoms with Gasteiger partial charge in [-0.3, -0.25) is 0 Å². The highest BCUT2D eigenvalue weighted by atomic mass is 19.4. The molecule has 0 aliphatic carbocycles. The topological polar surface area (TPSA) is 55.8 Å². The molecule has 26 heavy (non-hydrogen) atoms. The highest BCUT2D eigenvalue weighted by Crippen LogP contribution is 2.32. The van der Waals surface area contributed by atoms with Gasteiger partial charge < -0.3 is 20.2 Å². The molecule has 0 unspecified atom stereocenters. The van der Waals surface area contributed by atoms with Crippen molar-refractivity contribution >= 4 is 6.03 Å². The first-order valence-corrected chi connectivity index (χ1v) is 8.78. The van der Waals surface area contributed by atoms with Crippen LogP contribution >= 0.6 is 0 Å². The summed E-state index contributed by atoms with van der Waals surface area (Å²) in [7, 11) is 1.48. The highest BCUT2D eigenvalue weighted by Gasteiger charge is 2.33. The molecule has 0 spiro atoms. The van der Waals surface area contributed by atoms with Crippen molar-refractivity contribution in [1.29, 1.82) is 0 Å². The van der Waals surface area contributed by atoms with Gasteiger partial charge in [0.25, 0.3) is 0 Å². The van der Waals surface area contributed by atoms with Gasteiger partial charge in [0.15, 0.2) is 0 Å². The standard InChI is InChI=1S/C18H26F3N3O2/c1-23(12-15-6-2-3-7-16(15)18(19,20)21)17(26)22-8-10-24-9-4-5-14(11-24)13-25/h2-3,6-7,14,25H,4-5,8-13H2,1H3,(H,22,26)/t14-/m0/s1. The second kappa shape index (κ2) is 9.23. The Morgan fingerprint density at radius 2 is 2.12 bits per heavy atom. The van der Waals surface area contributed by atoms with Crippen LogP contribution in [0.2, 0.25) is 0 Å². The number of nitrogens with zero attached hydrogens (tertiary/aromatic N) is 2. The molecule has 1 aliphatic heterocycles. The van der Waals surface area contributed by atoms with Crippen LogP contribution in [0.25, 0.3) is 0 Å². The first-order chi connectivity index (χ1) is 12.3. The van der Waals surface area contributed by atoms with Crippen molar-refractivity contribution in [2.45, 2.75) is 25.6 Å². The van der Waals surface area contributed by atoms with E-state index in [4.69, 9.17) is 0 Å². The molecule has 1 aromatic carbocycles. The van der Waals surface area contributed by atoms with Gasteiger partial charge in [-0.2, -0.15) is 13.2 Å². The third-order valence-corrected chi connectivity index (χ3v) is 4.64. The Morgan fingerprint density at radius 3 is 2.81 bits per heavy atom. The van der Waals surface area contributed by atoms with Gasteiger partial charge >= 0.3 is 12.2 Å². The molecule has 0 radical (unpaired) electrons. The van der Waals surface area contributed by atoms with Gasteiger partial charge in [0.1, 0.15) is 0 Å². The number of rotatable bonds is 6. The minimum absolute atomic E-state index is 0.0690. The van der Waals surface area contributed by atoms with E-state index in [0.29, 0.717) is 13.1 Å². The Hall–Kier alpha value is -1.80. The van der Waals surface area contributed by atoms with Crippen molar-refractivity contribution in [2.24, 2.45) is 5.92 Å². The first-order valence-electron chi connectivity index (χ1n) is 8.78. The zero-order chi connectivity index (χ0) is 19.2. The van der Waals surface area contributed by atoms with E-state index in [2.05, 4.69) is 10.2 Å². The molecule has 2 N–H and O–H groups in total. The lowest BCUT2D eigenvalue weighted by Crippen LogP contribution is -2.44. The molecular formula is C18H26F3N3O2. The van der Waals surface area contributed by atoms with Gasteiger partial charge in [0.2, 0.25) is 0 Å². The Kier molecular flexibility index (Phi) is 7.28. The number of likely N-dealkylation sites (tertiary alicyclic amines) is 1. The van der Waals surface area contributed by atoms with Gasteiger partial charge in [-0.05, 0) is 36.9 Å². The summed E-state index contributed by atoms with van der Waals surface area (Å²) in [6.45, 7) is 2.88. The molecule has 1 saturated heterocycles. The van der Waals surface area contributed by atoms with Crippen molar-refractivity contribution in [1.82, 2.24) is 15.1 Å². The third kappa shape index (κ3) is 5.88. The molecule has 1 aromatic rings. The molecule has 0 bridgehead atoms. The molecule has 2 rings (SSSR count). The quantitative estimate of drug-likeness (QED) is 0.806. The van der Waals surface area contributed by atoms with Crippen molar-refractivity contribution in [3.63, 3.8) is 0 Å².